The van der Waals surface area contributed by atoms with Crippen LogP contribution >= 0.6 is 0 Å². The monoisotopic (exact) mass is 231 g/mol. The van der Waals surface area contributed by atoms with E-state index in [1.165, 1.54) is 0 Å². The van der Waals surface area contributed by atoms with E-state index in [4.69, 9.17) is 0 Å². The zero-order valence-corrected chi connectivity index (χ0v) is 10.4. The molecule has 90 valence electrons. The van der Waals surface area contributed by atoms with Crippen molar-refractivity contribution in [2.75, 3.05) is 0 Å². The summed E-state index contributed by atoms with van der Waals surface area (Å²) in [5.74, 6) is -0.600. The van der Waals surface area contributed by atoms with Crippen LogP contribution in [-0.2, 0) is 15.0 Å². The Morgan fingerprint density at radius 1 is 1.24 bits per heavy atom. The number of amides is 2. The van der Waals surface area contributed by atoms with Crippen LogP contribution in [0.4, 0.5) is 0 Å². The summed E-state index contributed by atoms with van der Waals surface area (Å²) in [7, 11) is 0. The maximum atomic E-state index is 12.0. The third-order valence-corrected chi connectivity index (χ3v) is 3.78. The van der Waals surface area contributed by atoms with Crippen molar-refractivity contribution in [2.45, 2.75) is 32.6 Å². The average Bonchev–Trinajstić information content (AvgIpc) is 2.51. The maximum Gasteiger partial charge on any atom is 0.237 e. The van der Waals surface area contributed by atoms with Gasteiger partial charge in [-0.1, -0.05) is 36.8 Å². The van der Waals surface area contributed by atoms with Gasteiger partial charge in [-0.3, -0.25) is 14.9 Å². The third-order valence-electron chi connectivity index (χ3n) is 3.78. The first kappa shape index (κ1) is 11.8. The van der Waals surface area contributed by atoms with Crippen molar-refractivity contribution in [1.29, 1.82) is 0 Å². The molecule has 2 amide bonds. The van der Waals surface area contributed by atoms with Gasteiger partial charge in [0.1, 0.15) is 0 Å². The van der Waals surface area contributed by atoms with Crippen molar-refractivity contribution in [1.82, 2.24) is 5.32 Å². The molecule has 1 aliphatic rings. The quantitative estimate of drug-likeness (QED) is 0.791. The number of imide groups is 1. The Bertz CT molecular complexity index is 464. The third kappa shape index (κ3) is 1.66. The van der Waals surface area contributed by atoms with Crippen LogP contribution in [0.1, 0.15) is 31.4 Å². The van der Waals surface area contributed by atoms with Gasteiger partial charge in [-0.25, -0.2) is 0 Å². The summed E-state index contributed by atoms with van der Waals surface area (Å²) >= 11 is 0. The molecule has 0 saturated carbocycles. The Morgan fingerprint density at radius 3 is 2.35 bits per heavy atom. The molecule has 3 heteroatoms. The van der Waals surface area contributed by atoms with Crippen molar-refractivity contribution in [3.05, 3.63) is 35.4 Å². The van der Waals surface area contributed by atoms with Crippen molar-refractivity contribution >= 4 is 11.8 Å². The topological polar surface area (TPSA) is 46.2 Å². The predicted octanol–water partition coefficient (Wildman–Crippen LogP) is 1.94. The average molecular weight is 231 g/mol. The van der Waals surface area contributed by atoms with Gasteiger partial charge < -0.3 is 0 Å². The first-order chi connectivity index (χ1) is 8.00. The molecule has 17 heavy (non-hydrogen) atoms. The molecular formula is C14H17NO2. The van der Waals surface area contributed by atoms with E-state index >= 15 is 0 Å². The van der Waals surface area contributed by atoms with E-state index in [0.29, 0.717) is 6.42 Å². The fourth-order valence-electron chi connectivity index (χ4n) is 2.57. The second-order valence-electron chi connectivity index (χ2n) is 4.85. The Labute approximate surface area is 101 Å². The minimum atomic E-state index is -0.723. The van der Waals surface area contributed by atoms with Gasteiger partial charge in [0.2, 0.25) is 11.8 Å². The van der Waals surface area contributed by atoms with Crippen LogP contribution in [0.25, 0.3) is 0 Å². The molecule has 2 rings (SSSR count). The zero-order chi connectivity index (χ0) is 12.6. The molecule has 1 aromatic carbocycles. The van der Waals surface area contributed by atoms with Gasteiger partial charge >= 0.3 is 0 Å². The van der Waals surface area contributed by atoms with Crippen molar-refractivity contribution in [3.63, 3.8) is 0 Å². The number of carbonyl (C=O) groups excluding carboxylic acids is 2. The molecule has 0 unspecified atom stereocenters. The summed E-state index contributed by atoms with van der Waals surface area (Å²) in [6.45, 7) is 5.80. The molecule has 1 N–H and O–H groups in total. The van der Waals surface area contributed by atoms with Gasteiger partial charge in [-0.2, -0.15) is 0 Å². The van der Waals surface area contributed by atoms with Gasteiger partial charge in [0, 0.05) is 0 Å². The van der Waals surface area contributed by atoms with E-state index in [9.17, 15) is 9.59 Å². The molecule has 0 bridgehead atoms. The number of hydrogen-bond acceptors (Lipinski definition) is 2. The summed E-state index contributed by atoms with van der Waals surface area (Å²) in [6.07, 6.45) is 0.669. The van der Waals surface area contributed by atoms with Gasteiger partial charge in [0.05, 0.1) is 11.3 Å². The van der Waals surface area contributed by atoms with Crippen LogP contribution in [0.3, 0.4) is 0 Å². The summed E-state index contributed by atoms with van der Waals surface area (Å²) in [4.78, 5) is 23.8. The highest BCUT2D eigenvalue weighted by Gasteiger charge is 2.51. The Morgan fingerprint density at radius 2 is 1.82 bits per heavy atom. The number of carbonyl (C=O) groups is 2. The number of nitrogens with one attached hydrogen (secondary N) is 1. The standard InChI is InChI=1S/C14H17NO2/c1-4-11-12(16)15-13(17)14(11,3)10-7-5-9(2)6-8-10/h5-8,11H,4H2,1-3H3,(H,15,16,17)/t11-,14-/m0/s1. The first-order valence-corrected chi connectivity index (χ1v) is 5.92. The van der Waals surface area contributed by atoms with Crippen molar-refractivity contribution in [3.8, 4) is 0 Å². The lowest BCUT2D eigenvalue weighted by atomic mass is 9.72. The number of aryl methyl sites for hydroxylation is 1. The highest BCUT2D eigenvalue weighted by atomic mass is 16.2. The Kier molecular flexibility index (Phi) is 2.77. The molecule has 2 atom stereocenters. The fraction of sp³-hybridized carbons (Fsp3) is 0.429. The van der Waals surface area contributed by atoms with Gasteiger partial charge in [-0.15, -0.1) is 0 Å². The minimum absolute atomic E-state index is 0.152. The molecule has 1 fully saturated rings. The summed E-state index contributed by atoms with van der Waals surface area (Å²) in [5.41, 5.74) is 1.34. The van der Waals surface area contributed by atoms with Crippen LogP contribution in [0, 0.1) is 12.8 Å². The van der Waals surface area contributed by atoms with Crippen LogP contribution in [0.15, 0.2) is 24.3 Å². The Hall–Kier alpha value is -1.64. The molecule has 0 radical (unpaired) electrons. The number of benzene rings is 1. The van der Waals surface area contributed by atoms with E-state index in [-0.39, 0.29) is 17.7 Å². The second kappa shape index (κ2) is 3.99. The van der Waals surface area contributed by atoms with Gasteiger partial charge in [0.25, 0.3) is 0 Å². The fourth-order valence-corrected chi connectivity index (χ4v) is 2.57. The molecule has 1 aliphatic heterocycles. The normalized spacial score (nSPS) is 28.3. The first-order valence-electron chi connectivity index (χ1n) is 5.92. The van der Waals surface area contributed by atoms with E-state index in [1.54, 1.807) is 0 Å². The lowest BCUT2D eigenvalue weighted by Gasteiger charge is -2.26. The SMILES string of the molecule is CC[C@H]1C(=O)NC(=O)[C@@]1(C)c1ccc(C)cc1. The smallest absolute Gasteiger partial charge is 0.237 e. The highest BCUT2D eigenvalue weighted by molar-refractivity contribution is 6.10. The molecular weight excluding hydrogens is 214 g/mol. The second-order valence-corrected chi connectivity index (χ2v) is 4.85. The zero-order valence-electron chi connectivity index (χ0n) is 10.4. The van der Waals surface area contributed by atoms with E-state index in [2.05, 4.69) is 5.32 Å². The summed E-state index contributed by atoms with van der Waals surface area (Å²) in [5, 5.41) is 2.44. The largest absolute Gasteiger partial charge is 0.295 e. The highest BCUT2D eigenvalue weighted by Crippen LogP contribution is 2.38. The molecule has 1 aromatic rings. The van der Waals surface area contributed by atoms with Crippen molar-refractivity contribution in [2.24, 2.45) is 5.92 Å². The van der Waals surface area contributed by atoms with Crippen molar-refractivity contribution < 1.29 is 9.59 Å². The predicted molar refractivity (Wildman–Crippen MR) is 65.5 cm³/mol. The minimum Gasteiger partial charge on any atom is -0.295 e. The van der Waals surface area contributed by atoms with E-state index in [1.807, 2.05) is 45.0 Å². The van der Waals surface area contributed by atoms with Gasteiger partial charge in [0.15, 0.2) is 0 Å². The summed E-state index contributed by atoms with van der Waals surface area (Å²) in [6, 6.07) is 7.83. The molecule has 1 saturated heterocycles. The lowest BCUT2D eigenvalue weighted by Crippen LogP contribution is -2.36. The molecule has 0 spiro atoms. The molecule has 1 heterocycles. The van der Waals surface area contributed by atoms with E-state index < -0.39 is 5.41 Å². The number of hydrogen-bond donors (Lipinski definition) is 1. The lowest BCUT2D eigenvalue weighted by molar-refractivity contribution is -0.126. The van der Waals surface area contributed by atoms with Crippen LogP contribution in [0.2, 0.25) is 0 Å². The molecule has 3 nitrogen and oxygen atoms in total. The maximum absolute atomic E-state index is 12.0. The molecule has 0 aromatic heterocycles. The summed E-state index contributed by atoms with van der Waals surface area (Å²) < 4.78 is 0. The Balaban J connectivity index is 2.50. The van der Waals surface area contributed by atoms with Crippen LogP contribution in [-0.4, -0.2) is 11.8 Å². The van der Waals surface area contributed by atoms with E-state index in [0.717, 1.165) is 11.1 Å². The van der Waals surface area contributed by atoms with Gasteiger partial charge in [-0.05, 0) is 25.8 Å². The van der Waals surface area contributed by atoms with Crippen LogP contribution < -0.4 is 5.32 Å². The van der Waals surface area contributed by atoms with Crippen LogP contribution in [0.5, 0.6) is 0 Å². The number of rotatable bonds is 2. The molecule has 0 aliphatic carbocycles.